The van der Waals surface area contributed by atoms with Gasteiger partial charge in [-0.3, -0.25) is 4.79 Å². The summed E-state index contributed by atoms with van der Waals surface area (Å²) in [6, 6.07) is 10.1. The lowest BCUT2D eigenvalue weighted by molar-refractivity contribution is 0.0949. The van der Waals surface area contributed by atoms with E-state index < -0.39 is 0 Å². The molecule has 7 nitrogen and oxygen atoms in total. The van der Waals surface area contributed by atoms with Crippen LogP contribution >= 0.6 is 0 Å². The number of aliphatic hydroxyl groups excluding tert-OH is 1. The standard InChI is InChI=1S/C24H26FN5O2/c1-13-6-5-7-14(2)21(13)30-12-26-23(32)19-20(18-9-8-17(25)10-15(18)3)28-24(29-22(19)30)27-16(4)11-31/h5-10,16,31H,11-12H2,1-4H3,(H,26,32)(H,27,28,29)/t16-/m1/s1. The molecule has 0 saturated carbocycles. The van der Waals surface area contributed by atoms with E-state index in [1.54, 1.807) is 13.0 Å². The van der Waals surface area contributed by atoms with E-state index in [9.17, 15) is 14.3 Å². The van der Waals surface area contributed by atoms with Crippen LogP contribution in [0.2, 0.25) is 0 Å². The maximum absolute atomic E-state index is 13.8. The number of nitrogens with one attached hydrogen (secondary N) is 2. The fourth-order valence-electron chi connectivity index (χ4n) is 4.00. The molecule has 0 unspecified atom stereocenters. The van der Waals surface area contributed by atoms with Crippen LogP contribution in [0.5, 0.6) is 0 Å². The number of anilines is 3. The molecule has 1 amide bonds. The van der Waals surface area contributed by atoms with Gasteiger partial charge < -0.3 is 20.6 Å². The van der Waals surface area contributed by atoms with E-state index in [1.165, 1.54) is 12.1 Å². The quantitative estimate of drug-likeness (QED) is 0.564. The summed E-state index contributed by atoms with van der Waals surface area (Å²) in [4.78, 5) is 24.3. The van der Waals surface area contributed by atoms with Crippen molar-refractivity contribution in [2.75, 3.05) is 23.5 Å². The fourth-order valence-corrected chi connectivity index (χ4v) is 4.00. The molecule has 0 saturated heterocycles. The van der Waals surface area contributed by atoms with Gasteiger partial charge in [-0.1, -0.05) is 18.2 Å². The maximum atomic E-state index is 13.8. The number of aliphatic hydroxyl groups is 1. The second-order valence-corrected chi connectivity index (χ2v) is 8.11. The predicted molar refractivity (Wildman–Crippen MR) is 123 cm³/mol. The first-order valence-electron chi connectivity index (χ1n) is 10.5. The Morgan fingerprint density at radius 2 is 1.88 bits per heavy atom. The third kappa shape index (κ3) is 3.89. The van der Waals surface area contributed by atoms with Crippen LogP contribution < -0.4 is 15.5 Å². The first kappa shape index (κ1) is 21.7. The highest BCUT2D eigenvalue weighted by Gasteiger charge is 2.32. The van der Waals surface area contributed by atoms with Crippen LogP contribution in [0.15, 0.2) is 36.4 Å². The second kappa shape index (κ2) is 8.55. The third-order valence-electron chi connectivity index (χ3n) is 5.57. The highest BCUT2D eigenvalue weighted by Crippen LogP contribution is 2.38. The van der Waals surface area contributed by atoms with Gasteiger partial charge in [0.05, 0.1) is 24.7 Å². The molecular formula is C24H26FN5O2. The predicted octanol–water partition coefficient (Wildman–Crippen LogP) is 3.84. The van der Waals surface area contributed by atoms with Gasteiger partial charge in [-0.15, -0.1) is 0 Å². The average molecular weight is 436 g/mol. The Hall–Kier alpha value is -3.52. The molecule has 0 spiro atoms. The molecule has 3 N–H and O–H groups in total. The van der Waals surface area contributed by atoms with Gasteiger partial charge >= 0.3 is 0 Å². The van der Waals surface area contributed by atoms with Crippen molar-refractivity contribution in [2.24, 2.45) is 0 Å². The SMILES string of the molecule is Cc1cc(F)ccc1-c1nc(N[C@H](C)CO)nc2c1C(=O)NCN2c1c(C)cccc1C. The number of rotatable bonds is 5. The average Bonchev–Trinajstić information content (AvgIpc) is 2.74. The minimum Gasteiger partial charge on any atom is -0.394 e. The lowest BCUT2D eigenvalue weighted by Crippen LogP contribution is -2.43. The summed E-state index contributed by atoms with van der Waals surface area (Å²) in [6.45, 7) is 7.76. The molecule has 0 aliphatic carbocycles. The molecule has 0 bridgehead atoms. The molecule has 0 radical (unpaired) electrons. The van der Waals surface area contributed by atoms with Crippen LogP contribution in [0, 0.1) is 26.6 Å². The minimum atomic E-state index is -0.358. The van der Waals surface area contributed by atoms with Crippen molar-refractivity contribution < 1.29 is 14.3 Å². The molecule has 2 aromatic carbocycles. The molecule has 1 aliphatic heterocycles. The highest BCUT2D eigenvalue weighted by molar-refractivity contribution is 6.07. The molecule has 8 heteroatoms. The van der Waals surface area contributed by atoms with Crippen molar-refractivity contribution in [3.05, 3.63) is 64.5 Å². The van der Waals surface area contributed by atoms with E-state index in [4.69, 9.17) is 0 Å². The summed E-state index contributed by atoms with van der Waals surface area (Å²) in [6.07, 6.45) is 0. The van der Waals surface area contributed by atoms with Gasteiger partial charge in [-0.2, -0.15) is 4.98 Å². The number of hydrogen-bond donors (Lipinski definition) is 3. The van der Waals surface area contributed by atoms with Crippen molar-refractivity contribution in [2.45, 2.75) is 33.7 Å². The Labute approximate surface area is 186 Å². The Bertz CT molecular complexity index is 1180. The minimum absolute atomic E-state index is 0.105. The van der Waals surface area contributed by atoms with E-state index >= 15 is 0 Å². The topological polar surface area (TPSA) is 90.4 Å². The van der Waals surface area contributed by atoms with Crippen LogP contribution in [-0.4, -0.2) is 40.3 Å². The number of carbonyl (C=O) groups is 1. The molecule has 1 aliphatic rings. The van der Waals surface area contributed by atoms with Crippen molar-refractivity contribution in [3.63, 3.8) is 0 Å². The van der Waals surface area contributed by atoms with Crippen molar-refractivity contribution in [1.82, 2.24) is 15.3 Å². The Morgan fingerprint density at radius 3 is 2.53 bits per heavy atom. The molecule has 166 valence electrons. The van der Waals surface area contributed by atoms with Gasteiger partial charge in [-0.05, 0) is 62.6 Å². The summed E-state index contributed by atoms with van der Waals surface area (Å²) in [5.74, 6) is 0.105. The summed E-state index contributed by atoms with van der Waals surface area (Å²) in [5.41, 5.74) is 5.08. The number of para-hydroxylation sites is 1. The normalized spacial score (nSPS) is 14.1. The number of benzene rings is 2. The van der Waals surface area contributed by atoms with Crippen LogP contribution in [0.4, 0.5) is 21.8 Å². The van der Waals surface area contributed by atoms with Crippen LogP contribution in [0.1, 0.15) is 34.0 Å². The molecular weight excluding hydrogens is 409 g/mol. The Balaban J connectivity index is 1.99. The van der Waals surface area contributed by atoms with Gasteiger partial charge in [-0.25, -0.2) is 9.37 Å². The van der Waals surface area contributed by atoms with Gasteiger partial charge in [0.2, 0.25) is 5.95 Å². The van der Waals surface area contributed by atoms with E-state index in [-0.39, 0.29) is 37.0 Å². The maximum Gasteiger partial charge on any atom is 0.258 e. The molecule has 1 aromatic heterocycles. The zero-order chi connectivity index (χ0) is 23.0. The van der Waals surface area contributed by atoms with E-state index in [0.29, 0.717) is 28.2 Å². The van der Waals surface area contributed by atoms with Gasteiger partial charge in [0, 0.05) is 11.6 Å². The number of carbonyl (C=O) groups excluding carboxylic acids is 1. The summed E-state index contributed by atoms with van der Waals surface area (Å²) >= 11 is 0. The number of aryl methyl sites for hydroxylation is 3. The first-order valence-corrected chi connectivity index (χ1v) is 10.5. The van der Waals surface area contributed by atoms with Crippen molar-refractivity contribution in [1.29, 1.82) is 0 Å². The monoisotopic (exact) mass is 435 g/mol. The molecule has 0 fully saturated rings. The zero-order valence-electron chi connectivity index (χ0n) is 18.5. The van der Waals surface area contributed by atoms with E-state index in [1.807, 2.05) is 43.9 Å². The first-order chi connectivity index (χ1) is 15.3. The smallest absolute Gasteiger partial charge is 0.258 e. The van der Waals surface area contributed by atoms with Gasteiger partial charge in [0.25, 0.3) is 5.91 Å². The summed E-state index contributed by atoms with van der Waals surface area (Å²) < 4.78 is 13.8. The van der Waals surface area contributed by atoms with Gasteiger partial charge in [0.15, 0.2) is 5.82 Å². The largest absolute Gasteiger partial charge is 0.394 e. The lowest BCUT2D eigenvalue weighted by Gasteiger charge is -2.33. The molecule has 4 rings (SSSR count). The zero-order valence-corrected chi connectivity index (χ0v) is 18.5. The number of hydrogen-bond acceptors (Lipinski definition) is 6. The van der Waals surface area contributed by atoms with Crippen LogP contribution in [-0.2, 0) is 0 Å². The van der Waals surface area contributed by atoms with E-state index in [0.717, 1.165) is 16.8 Å². The molecule has 32 heavy (non-hydrogen) atoms. The number of fused-ring (bicyclic) bond motifs is 1. The number of amides is 1. The summed E-state index contributed by atoms with van der Waals surface area (Å²) in [5, 5.41) is 15.5. The lowest BCUT2D eigenvalue weighted by atomic mass is 9.99. The third-order valence-corrected chi connectivity index (χ3v) is 5.57. The van der Waals surface area contributed by atoms with Crippen molar-refractivity contribution >= 4 is 23.4 Å². The van der Waals surface area contributed by atoms with Crippen LogP contribution in [0.25, 0.3) is 11.3 Å². The summed E-state index contributed by atoms with van der Waals surface area (Å²) in [7, 11) is 0. The van der Waals surface area contributed by atoms with E-state index in [2.05, 4.69) is 20.6 Å². The Morgan fingerprint density at radius 1 is 1.16 bits per heavy atom. The van der Waals surface area contributed by atoms with Crippen LogP contribution in [0.3, 0.4) is 0 Å². The number of nitrogens with zero attached hydrogens (tertiary/aromatic N) is 3. The second-order valence-electron chi connectivity index (χ2n) is 8.11. The van der Waals surface area contributed by atoms with Gasteiger partial charge in [0.1, 0.15) is 11.4 Å². The molecule has 1 atom stereocenters. The number of halogens is 1. The number of aromatic nitrogens is 2. The fraction of sp³-hybridized carbons (Fsp3) is 0.292. The van der Waals surface area contributed by atoms with Crippen molar-refractivity contribution in [3.8, 4) is 11.3 Å². The highest BCUT2D eigenvalue weighted by atomic mass is 19.1. The molecule has 3 aromatic rings. The molecule has 2 heterocycles. The Kier molecular flexibility index (Phi) is 5.80.